The van der Waals surface area contributed by atoms with Gasteiger partial charge in [0.1, 0.15) is 5.75 Å². The van der Waals surface area contributed by atoms with Gasteiger partial charge in [0, 0.05) is 6.54 Å². The molecule has 3 rings (SSSR count). The van der Waals surface area contributed by atoms with Crippen molar-refractivity contribution in [3.05, 3.63) is 71.8 Å². The smallest absolute Gasteiger partial charge is 0.249 e. The highest BCUT2D eigenvalue weighted by Gasteiger charge is 2.43. The molecule has 1 unspecified atom stereocenters. The standard InChI is InChI=1S/C21H25NO3/c1-20(2)16-22-21(25-20,24-15-18-7-5-4-6-8-18)14-13-17-9-11-19(23-3)12-10-17/h4-14,22H,15-16H2,1-3H3. The van der Waals surface area contributed by atoms with E-state index in [0.717, 1.165) is 23.4 Å². The molecule has 0 bridgehead atoms. The predicted octanol–water partition coefficient (Wildman–Crippen LogP) is 3.98. The van der Waals surface area contributed by atoms with Crippen LogP contribution in [0.25, 0.3) is 6.08 Å². The molecule has 25 heavy (non-hydrogen) atoms. The topological polar surface area (TPSA) is 39.7 Å². The van der Waals surface area contributed by atoms with Gasteiger partial charge in [-0.15, -0.1) is 0 Å². The van der Waals surface area contributed by atoms with Gasteiger partial charge in [-0.05, 0) is 43.2 Å². The molecule has 1 aliphatic rings. The zero-order chi connectivity index (χ0) is 17.8. The van der Waals surface area contributed by atoms with Crippen LogP contribution in [0.4, 0.5) is 0 Å². The summed E-state index contributed by atoms with van der Waals surface area (Å²) in [6.07, 6.45) is 3.94. The third-order valence-electron chi connectivity index (χ3n) is 4.10. The normalized spacial score (nSPS) is 22.4. The lowest BCUT2D eigenvalue weighted by atomic mass is 10.1. The maximum atomic E-state index is 6.18. The molecule has 1 fully saturated rings. The van der Waals surface area contributed by atoms with Crippen molar-refractivity contribution in [2.24, 2.45) is 0 Å². The van der Waals surface area contributed by atoms with Crippen molar-refractivity contribution in [2.75, 3.05) is 13.7 Å². The van der Waals surface area contributed by atoms with Gasteiger partial charge < -0.3 is 14.2 Å². The second-order valence-corrected chi connectivity index (χ2v) is 6.76. The molecular weight excluding hydrogens is 314 g/mol. The average molecular weight is 339 g/mol. The number of methoxy groups -OCH3 is 1. The number of nitrogens with one attached hydrogen (secondary N) is 1. The summed E-state index contributed by atoms with van der Waals surface area (Å²) in [6, 6.07) is 18.0. The Hall–Kier alpha value is -2.14. The Morgan fingerprint density at radius 3 is 2.40 bits per heavy atom. The largest absolute Gasteiger partial charge is 0.497 e. The van der Waals surface area contributed by atoms with E-state index < -0.39 is 5.91 Å². The molecule has 132 valence electrons. The number of hydrogen-bond acceptors (Lipinski definition) is 4. The van der Waals surface area contributed by atoms with E-state index in [0.29, 0.717) is 6.61 Å². The van der Waals surface area contributed by atoms with Crippen molar-refractivity contribution in [3.63, 3.8) is 0 Å². The molecule has 0 aromatic heterocycles. The van der Waals surface area contributed by atoms with Gasteiger partial charge in [-0.25, -0.2) is 0 Å². The summed E-state index contributed by atoms with van der Waals surface area (Å²) in [5.41, 5.74) is 1.87. The van der Waals surface area contributed by atoms with Crippen molar-refractivity contribution in [1.82, 2.24) is 5.32 Å². The van der Waals surface area contributed by atoms with E-state index >= 15 is 0 Å². The van der Waals surface area contributed by atoms with Crippen molar-refractivity contribution in [3.8, 4) is 5.75 Å². The van der Waals surface area contributed by atoms with Crippen molar-refractivity contribution in [1.29, 1.82) is 0 Å². The molecule has 0 radical (unpaired) electrons. The van der Waals surface area contributed by atoms with Crippen LogP contribution in [0, 0.1) is 0 Å². The minimum atomic E-state index is -0.931. The third kappa shape index (κ3) is 4.69. The quantitative estimate of drug-likeness (QED) is 0.864. The molecule has 0 aliphatic carbocycles. The second kappa shape index (κ2) is 7.40. The Labute approximate surface area is 149 Å². The van der Waals surface area contributed by atoms with Crippen molar-refractivity contribution < 1.29 is 14.2 Å². The first-order chi connectivity index (χ1) is 12.0. The zero-order valence-electron chi connectivity index (χ0n) is 15.0. The van der Waals surface area contributed by atoms with Crippen LogP contribution in [0.3, 0.4) is 0 Å². The summed E-state index contributed by atoms with van der Waals surface area (Å²) >= 11 is 0. The Morgan fingerprint density at radius 2 is 1.80 bits per heavy atom. The van der Waals surface area contributed by atoms with Crippen LogP contribution in [0.15, 0.2) is 60.7 Å². The fourth-order valence-corrected chi connectivity index (χ4v) is 2.73. The molecule has 1 N–H and O–H groups in total. The molecule has 1 atom stereocenters. The van der Waals surface area contributed by atoms with Gasteiger partial charge in [0.2, 0.25) is 5.91 Å². The Morgan fingerprint density at radius 1 is 1.08 bits per heavy atom. The third-order valence-corrected chi connectivity index (χ3v) is 4.10. The summed E-state index contributed by atoms with van der Waals surface area (Å²) < 4.78 is 17.5. The van der Waals surface area contributed by atoms with E-state index in [2.05, 4.69) is 19.2 Å². The van der Waals surface area contributed by atoms with Gasteiger partial charge in [0.05, 0.1) is 19.3 Å². The van der Waals surface area contributed by atoms with Crippen LogP contribution in [0.2, 0.25) is 0 Å². The Bertz CT molecular complexity index is 710. The molecule has 0 saturated carbocycles. The fraction of sp³-hybridized carbons (Fsp3) is 0.333. The number of ether oxygens (including phenoxy) is 3. The first-order valence-electron chi connectivity index (χ1n) is 8.47. The molecule has 0 amide bonds. The fourth-order valence-electron chi connectivity index (χ4n) is 2.73. The monoisotopic (exact) mass is 339 g/mol. The van der Waals surface area contributed by atoms with E-state index in [4.69, 9.17) is 14.2 Å². The lowest BCUT2D eigenvalue weighted by molar-refractivity contribution is -0.229. The van der Waals surface area contributed by atoms with E-state index in [1.165, 1.54) is 0 Å². The number of hydrogen-bond donors (Lipinski definition) is 1. The SMILES string of the molecule is COc1ccc(C=CC2(OCc3ccccc3)NCC(C)(C)O2)cc1. The van der Waals surface area contributed by atoms with E-state index in [1.807, 2.05) is 66.7 Å². The maximum absolute atomic E-state index is 6.18. The highest BCUT2D eigenvalue weighted by molar-refractivity contribution is 5.51. The maximum Gasteiger partial charge on any atom is 0.249 e. The van der Waals surface area contributed by atoms with Gasteiger partial charge in [0.15, 0.2) is 0 Å². The first-order valence-corrected chi connectivity index (χ1v) is 8.47. The van der Waals surface area contributed by atoms with Crippen LogP contribution in [0.1, 0.15) is 25.0 Å². The van der Waals surface area contributed by atoms with Crippen LogP contribution in [-0.4, -0.2) is 25.2 Å². The molecular formula is C21H25NO3. The van der Waals surface area contributed by atoms with Gasteiger partial charge >= 0.3 is 0 Å². The van der Waals surface area contributed by atoms with Gasteiger partial charge in [-0.3, -0.25) is 5.32 Å². The van der Waals surface area contributed by atoms with Gasteiger partial charge in [-0.1, -0.05) is 48.5 Å². The van der Waals surface area contributed by atoms with Crippen LogP contribution in [-0.2, 0) is 16.1 Å². The molecule has 4 heteroatoms. The minimum Gasteiger partial charge on any atom is -0.497 e. The number of rotatable bonds is 6. The molecule has 1 heterocycles. The lowest BCUT2D eigenvalue weighted by Crippen LogP contribution is -2.42. The van der Waals surface area contributed by atoms with Crippen molar-refractivity contribution >= 4 is 6.08 Å². The van der Waals surface area contributed by atoms with Crippen LogP contribution in [0.5, 0.6) is 5.75 Å². The highest BCUT2D eigenvalue weighted by Crippen LogP contribution is 2.29. The first kappa shape index (κ1) is 17.7. The molecule has 2 aromatic carbocycles. The van der Waals surface area contributed by atoms with Crippen LogP contribution < -0.4 is 10.1 Å². The Kier molecular flexibility index (Phi) is 5.23. The molecule has 4 nitrogen and oxygen atoms in total. The molecule has 2 aromatic rings. The lowest BCUT2D eigenvalue weighted by Gasteiger charge is -2.28. The summed E-state index contributed by atoms with van der Waals surface area (Å²) in [4.78, 5) is 0. The van der Waals surface area contributed by atoms with Crippen LogP contribution >= 0.6 is 0 Å². The van der Waals surface area contributed by atoms with Crippen molar-refractivity contribution in [2.45, 2.75) is 32.0 Å². The highest BCUT2D eigenvalue weighted by atomic mass is 16.7. The molecule has 1 saturated heterocycles. The summed E-state index contributed by atoms with van der Waals surface area (Å²) in [6.45, 7) is 5.29. The number of benzene rings is 2. The summed E-state index contributed by atoms with van der Waals surface area (Å²) in [5.74, 6) is -0.0946. The summed E-state index contributed by atoms with van der Waals surface area (Å²) in [7, 11) is 1.66. The molecule has 0 spiro atoms. The average Bonchev–Trinajstić information content (AvgIpc) is 2.95. The summed E-state index contributed by atoms with van der Waals surface area (Å²) in [5, 5.41) is 3.37. The minimum absolute atomic E-state index is 0.291. The van der Waals surface area contributed by atoms with Gasteiger partial charge in [-0.2, -0.15) is 0 Å². The van der Waals surface area contributed by atoms with E-state index in [9.17, 15) is 0 Å². The second-order valence-electron chi connectivity index (χ2n) is 6.76. The van der Waals surface area contributed by atoms with E-state index in [1.54, 1.807) is 7.11 Å². The predicted molar refractivity (Wildman–Crippen MR) is 99.2 cm³/mol. The zero-order valence-corrected chi connectivity index (χ0v) is 15.0. The Balaban J connectivity index is 1.75. The van der Waals surface area contributed by atoms with E-state index in [-0.39, 0.29) is 5.60 Å². The molecule has 1 aliphatic heterocycles. The van der Waals surface area contributed by atoms with Gasteiger partial charge in [0.25, 0.3) is 0 Å².